The van der Waals surface area contributed by atoms with Gasteiger partial charge in [0.15, 0.2) is 0 Å². The van der Waals surface area contributed by atoms with Crippen molar-refractivity contribution in [1.82, 2.24) is 4.98 Å². The Morgan fingerprint density at radius 2 is 2.15 bits per heavy atom. The van der Waals surface area contributed by atoms with Crippen molar-refractivity contribution in [2.24, 2.45) is 11.6 Å². The van der Waals surface area contributed by atoms with E-state index in [9.17, 15) is 4.79 Å². The van der Waals surface area contributed by atoms with Gasteiger partial charge in [-0.2, -0.15) is 0 Å². The first-order valence-corrected chi connectivity index (χ1v) is 3.68. The number of hydrazine groups is 1. The highest BCUT2D eigenvalue weighted by atomic mass is 16.1. The number of nitrogen functional groups attached to an aromatic ring is 1. The SMILES string of the molecule is NNc1cccc(NCC(N)=O)n1. The first kappa shape index (κ1) is 9.27. The van der Waals surface area contributed by atoms with Crippen LogP contribution >= 0.6 is 0 Å². The molecule has 0 aliphatic heterocycles. The zero-order chi connectivity index (χ0) is 9.68. The Morgan fingerprint density at radius 3 is 2.77 bits per heavy atom. The van der Waals surface area contributed by atoms with Gasteiger partial charge in [0, 0.05) is 0 Å². The molecule has 1 heterocycles. The Morgan fingerprint density at radius 1 is 1.46 bits per heavy atom. The minimum atomic E-state index is -0.437. The third-order valence-corrected chi connectivity index (χ3v) is 1.34. The molecule has 0 bridgehead atoms. The summed E-state index contributed by atoms with van der Waals surface area (Å²) in [6.45, 7) is 0.0566. The predicted octanol–water partition coefficient (Wildman–Crippen LogP) is -0.736. The molecule has 0 aliphatic carbocycles. The zero-order valence-electron chi connectivity index (χ0n) is 6.95. The highest BCUT2D eigenvalue weighted by Crippen LogP contribution is 2.06. The molecule has 0 atom stereocenters. The molecule has 0 unspecified atom stereocenters. The molecule has 0 saturated heterocycles. The van der Waals surface area contributed by atoms with Gasteiger partial charge < -0.3 is 16.5 Å². The van der Waals surface area contributed by atoms with Crippen molar-refractivity contribution >= 4 is 17.5 Å². The van der Waals surface area contributed by atoms with E-state index in [0.717, 1.165) is 0 Å². The second kappa shape index (κ2) is 4.27. The van der Waals surface area contributed by atoms with Gasteiger partial charge in [-0.15, -0.1) is 0 Å². The minimum Gasteiger partial charge on any atom is -0.368 e. The van der Waals surface area contributed by atoms with Crippen LogP contribution in [-0.2, 0) is 4.79 Å². The quantitative estimate of drug-likeness (QED) is 0.362. The summed E-state index contributed by atoms with van der Waals surface area (Å²) in [5.41, 5.74) is 7.33. The van der Waals surface area contributed by atoms with E-state index in [1.807, 2.05) is 0 Å². The van der Waals surface area contributed by atoms with E-state index < -0.39 is 5.91 Å². The summed E-state index contributed by atoms with van der Waals surface area (Å²) in [6.07, 6.45) is 0. The summed E-state index contributed by atoms with van der Waals surface area (Å²) in [5.74, 6) is 5.78. The number of anilines is 2. The Labute approximate surface area is 75.3 Å². The van der Waals surface area contributed by atoms with Crippen molar-refractivity contribution in [2.45, 2.75) is 0 Å². The van der Waals surface area contributed by atoms with Crippen molar-refractivity contribution in [3.63, 3.8) is 0 Å². The molecular weight excluding hydrogens is 170 g/mol. The van der Waals surface area contributed by atoms with E-state index in [0.29, 0.717) is 11.6 Å². The molecule has 0 fully saturated rings. The van der Waals surface area contributed by atoms with Crippen molar-refractivity contribution < 1.29 is 4.79 Å². The van der Waals surface area contributed by atoms with Crippen LogP contribution in [0.1, 0.15) is 0 Å². The Kier molecular flexibility index (Phi) is 3.04. The molecule has 1 aromatic rings. The molecule has 70 valence electrons. The fourth-order valence-corrected chi connectivity index (χ4v) is 0.791. The molecule has 0 spiro atoms. The minimum absolute atomic E-state index is 0.0566. The van der Waals surface area contributed by atoms with Gasteiger partial charge in [-0.25, -0.2) is 10.8 Å². The van der Waals surface area contributed by atoms with E-state index in [-0.39, 0.29) is 6.54 Å². The molecule has 0 aromatic carbocycles. The molecule has 6 nitrogen and oxygen atoms in total. The zero-order valence-corrected chi connectivity index (χ0v) is 6.95. The molecule has 0 radical (unpaired) electrons. The highest BCUT2D eigenvalue weighted by molar-refractivity contribution is 5.78. The molecule has 0 saturated carbocycles. The number of carbonyl (C=O) groups excluding carboxylic acids is 1. The van der Waals surface area contributed by atoms with Gasteiger partial charge in [-0.3, -0.25) is 4.79 Å². The normalized spacial score (nSPS) is 9.31. The average molecular weight is 181 g/mol. The number of rotatable bonds is 4. The van der Waals surface area contributed by atoms with Crippen LogP contribution in [0.2, 0.25) is 0 Å². The number of hydrogen-bond donors (Lipinski definition) is 4. The smallest absolute Gasteiger partial charge is 0.236 e. The summed E-state index contributed by atoms with van der Waals surface area (Å²) in [5, 5.41) is 2.74. The van der Waals surface area contributed by atoms with Crippen LogP contribution in [0.5, 0.6) is 0 Å². The number of nitrogens with one attached hydrogen (secondary N) is 2. The number of amides is 1. The van der Waals surface area contributed by atoms with Gasteiger partial charge in [0.25, 0.3) is 0 Å². The van der Waals surface area contributed by atoms with E-state index in [4.69, 9.17) is 11.6 Å². The fourth-order valence-electron chi connectivity index (χ4n) is 0.791. The number of pyridine rings is 1. The average Bonchev–Trinajstić information content (AvgIpc) is 2.15. The lowest BCUT2D eigenvalue weighted by atomic mass is 10.4. The van der Waals surface area contributed by atoms with E-state index in [1.54, 1.807) is 18.2 Å². The lowest BCUT2D eigenvalue weighted by molar-refractivity contribution is -0.116. The van der Waals surface area contributed by atoms with Crippen molar-refractivity contribution in [1.29, 1.82) is 0 Å². The van der Waals surface area contributed by atoms with Crippen LogP contribution in [0, 0.1) is 0 Å². The monoisotopic (exact) mass is 181 g/mol. The molecule has 13 heavy (non-hydrogen) atoms. The lowest BCUT2D eigenvalue weighted by Gasteiger charge is -2.04. The van der Waals surface area contributed by atoms with Crippen LogP contribution in [0.3, 0.4) is 0 Å². The van der Waals surface area contributed by atoms with Crippen LogP contribution < -0.4 is 22.3 Å². The summed E-state index contributed by atoms with van der Waals surface area (Å²) in [6, 6.07) is 5.17. The Hall–Kier alpha value is -1.82. The predicted molar refractivity (Wildman–Crippen MR) is 49.7 cm³/mol. The van der Waals surface area contributed by atoms with E-state index in [1.165, 1.54) is 0 Å². The van der Waals surface area contributed by atoms with Gasteiger partial charge in [0.2, 0.25) is 5.91 Å². The molecule has 0 aliphatic rings. The number of hydrogen-bond acceptors (Lipinski definition) is 5. The number of aromatic nitrogens is 1. The second-order valence-electron chi connectivity index (χ2n) is 2.37. The van der Waals surface area contributed by atoms with Gasteiger partial charge in [0.05, 0.1) is 6.54 Å². The standard InChI is InChI=1S/C7H11N5O/c8-5(13)4-10-6-2-1-3-7(11-6)12-9/h1-3H,4,9H2,(H2,8,13)(H2,10,11,12). The van der Waals surface area contributed by atoms with Crippen LogP contribution in [0.15, 0.2) is 18.2 Å². The maximum atomic E-state index is 10.4. The molecular formula is C7H11N5O. The molecule has 1 rings (SSSR count). The highest BCUT2D eigenvalue weighted by Gasteiger charge is 1.96. The summed E-state index contributed by atoms with van der Waals surface area (Å²) in [4.78, 5) is 14.4. The number of carbonyl (C=O) groups is 1. The third-order valence-electron chi connectivity index (χ3n) is 1.34. The third kappa shape index (κ3) is 2.96. The van der Waals surface area contributed by atoms with Gasteiger partial charge >= 0.3 is 0 Å². The molecule has 6 N–H and O–H groups in total. The lowest BCUT2D eigenvalue weighted by Crippen LogP contribution is -2.22. The fraction of sp³-hybridized carbons (Fsp3) is 0.143. The van der Waals surface area contributed by atoms with Crippen molar-refractivity contribution in [2.75, 3.05) is 17.3 Å². The van der Waals surface area contributed by atoms with Gasteiger partial charge in [-0.1, -0.05) is 6.07 Å². The molecule has 1 amide bonds. The number of primary amides is 1. The first-order valence-electron chi connectivity index (χ1n) is 3.68. The van der Waals surface area contributed by atoms with Gasteiger partial charge in [0.1, 0.15) is 11.6 Å². The van der Waals surface area contributed by atoms with Gasteiger partial charge in [-0.05, 0) is 12.1 Å². The Bertz CT molecular complexity index is 301. The Balaban J connectivity index is 2.61. The summed E-state index contributed by atoms with van der Waals surface area (Å²) < 4.78 is 0. The molecule has 6 heteroatoms. The summed E-state index contributed by atoms with van der Waals surface area (Å²) in [7, 11) is 0. The number of nitrogens with two attached hydrogens (primary N) is 2. The van der Waals surface area contributed by atoms with Crippen LogP contribution in [-0.4, -0.2) is 17.4 Å². The van der Waals surface area contributed by atoms with Crippen molar-refractivity contribution in [3.8, 4) is 0 Å². The first-order chi connectivity index (χ1) is 6.22. The van der Waals surface area contributed by atoms with Crippen molar-refractivity contribution in [3.05, 3.63) is 18.2 Å². The number of nitrogens with zero attached hydrogens (tertiary/aromatic N) is 1. The summed E-state index contributed by atoms with van der Waals surface area (Å²) >= 11 is 0. The maximum absolute atomic E-state index is 10.4. The largest absolute Gasteiger partial charge is 0.368 e. The van der Waals surface area contributed by atoms with Crippen LogP contribution in [0.25, 0.3) is 0 Å². The second-order valence-corrected chi connectivity index (χ2v) is 2.37. The molecule has 1 aromatic heterocycles. The van der Waals surface area contributed by atoms with E-state index >= 15 is 0 Å². The maximum Gasteiger partial charge on any atom is 0.236 e. The van der Waals surface area contributed by atoms with E-state index in [2.05, 4.69) is 15.7 Å². The van der Waals surface area contributed by atoms with Crippen LogP contribution in [0.4, 0.5) is 11.6 Å². The topological polar surface area (TPSA) is 106 Å².